The minimum Gasteiger partial charge on any atom is -0.271 e. The lowest BCUT2D eigenvalue weighted by molar-refractivity contribution is -0.230. The Labute approximate surface area is 151 Å². The van der Waals surface area contributed by atoms with E-state index in [0.717, 1.165) is 36.6 Å². The van der Waals surface area contributed by atoms with Crippen LogP contribution in [-0.2, 0) is 11.2 Å². The van der Waals surface area contributed by atoms with Crippen molar-refractivity contribution < 1.29 is 4.79 Å². The summed E-state index contributed by atoms with van der Waals surface area (Å²) in [4.78, 5) is 13.0. The molecule has 1 saturated heterocycles. The van der Waals surface area contributed by atoms with E-state index in [1.807, 2.05) is 0 Å². The Hall–Kier alpha value is -1.35. The monoisotopic (exact) mass is 338 g/mol. The summed E-state index contributed by atoms with van der Waals surface area (Å²) < 4.78 is 0. The van der Waals surface area contributed by atoms with Crippen LogP contribution < -0.4 is 0 Å². The third kappa shape index (κ3) is 2.31. The van der Waals surface area contributed by atoms with Gasteiger partial charge in [0.05, 0.1) is 6.04 Å². The minimum atomic E-state index is -0.331. The highest BCUT2D eigenvalue weighted by Gasteiger charge is 2.59. The Bertz CT molecular complexity index is 670. The van der Waals surface area contributed by atoms with Gasteiger partial charge in [-0.05, 0) is 81.6 Å². The first-order chi connectivity index (χ1) is 12.1. The van der Waals surface area contributed by atoms with Crippen LogP contribution in [0.5, 0.6) is 0 Å². The van der Waals surface area contributed by atoms with Gasteiger partial charge in [-0.3, -0.25) is 9.80 Å². The SMILES string of the molecule is CC1(C)C(=O)N(C2CCC3CC4CC2CC34)N1CCc1ccccc1. The van der Waals surface area contributed by atoms with Gasteiger partial charge in [0.2, 0.25) is 0 Å². The van der Waals surface area contributed by atoms with Gasteiger partial charge in [0.15, 0.2) is 0 Å². The van der Waals surface area contributed by atoms with Crippen LogP contribution in [0, 0.1) is 23.7 Å². The number of carbonyl (C=O) groups is 1. The highest BCUT2D eigenvalue weighted by atomic mass is 16.2. The lowest BCUT2D eigenvalue weighted by Gasteiger charge is -2.59. The molecule has 1 aromatic rings. The van der Waals surface area contributed by atoms with Gasteiger partial charge in [0, 0.05) is 6.54 Å². The summed E-state index contributed by atoms with van der Waals surface area (Å²) in [6.45, 7) is 5.15. The standard InChI is InChI=1S/C22H30N2O/c1-22(2)21(25)24(23(22)11-10-15-6-4-3-5-7-15)20-9-8-16-12-17-13-18(20)14-19(16)17/h3-7,16-20H,8-14H2,1-2H3. The van der Waals surface area contributed by atoms with Gasteiger partial charge in [-0.1, -0.05) is 30.3 Å². The summed E-state index contributed by atoms with van der Waals surface area (Å²) in [5.74, 6) is 4.06. The van der Waals surface area contributed by atoms with E-state index in [9.17, 15) is 4.79 Å². The molecule has 3 heteroatoms. The van der Waals surface area contributed by atoms with Gasteiger partial charge in [-0.2, -0.15) is 0 Å². The summed E-state index contributed by atoms with van der Waals surface area (Å²) in [6, 6.07) is 11.1. The first-order valence-electron chi connectivity index (χ1n) is 10.2. The number of amides is 1. The average molecular weight is 338 g/mol. The van der Waals surface area contributed by atoms with E-state index < -0.39 is 0 Å². The van der Waals surface area contributed by atoms with Crippen molar-refractivity contribution in [3.8, 4) is 0 Å². The highest BCUT2D eigenvalue weighted by Crippen LogP contribution is 2.59. The van der Waals surface area contributed by atoms with Gasteiger partial charge in [-0.15, -0.1) is 0 Å². The molecule has 5 atom stereocenters. The Morgan fingerprint density at radius 1 is 1.00 bits per heavy atom. The van der Waals surface area contributed by atoms with E-state index in [1.165, 1.54) is 37.7 Å². The number of fused-ring (bicyclic) bond motifs is 1. The molecule has 25 heavy (non-hydrogen) atoms. The fourth-order valence-corrected chi connectivity index (χ4v) is 6.33. The smallest absolute Gasteiger partial charge is 0.258 e. The zero-order chi connectivity index (χ0) is 17.2. The molecule has 0 aromatic heterocycles. The second-order valence-electron chi connectivity index (χ2n) is 9.36. The molecule has 1 amide bonds. The zero-order valence-electron chi connectivity index (χ0n) is 15.5. The fraction of sp³-hybridized carbons (Fsp3) is 0.682. The number of nitrogens with zero attached hydrogens (tertiary/aromatic N) is 2. The number of carbonyl (C=O) groups excluding carboxylic acids is 1. The lowest BCUT2D eigenvalue weighted by Crippen LogP contribution is -2.77. The molecule has 3 aliphatic carbocycles. The lowest BCUT2D eigenvalue weighted by atomic mass is 9.64. The molecule has 4 fully saturated rings. The van der Waals surface area contributed by atoms with Crippen LogP contribution in [0.1, 0.15) is 51.5 Å². The number of rotatable bonds is 4. The Morgan fingerprint density at radius 3 is 2.56 bits per heavy atom. The molecular formula is C22H30N2O. The maximum Gasteiger partial charge on any atom is 0.258 e. The molecule has 0 radical (unpaired) electrons. The van der Waals surface area contributed by atoms with Crippen molar-refractivity contribution in [1.82, 2.24) is 10.0 Å². The van der Waals surface area contributed by atoms with Crippen LogP contribution in [-0.4, -0.2) is 34.1 Å². The molecule has 1 heterocycles. The van der Waals surface area contributed by atoms with E-state index in [4.69, 9.17) is 0 Å². The Morgan fingerprint density at radius 2 is 1.76 bits per heavy atom. The highest BCUT2D eigenvalue weighted by molar-refractivity contribution is 5.90. The number of hydrogen-bond acceptors (Lipinski definition) is 2. The summed E-state index contributed by atoms with van der Waals surface area (Å²) in [7, 11) is 0. The maximum absolute atomic E-state index is 13.0. The number of benzene rings is 1. The molecule has 2 bridgehead atoms. The first kappa shape index (κ1) is 15.9. The van der Waals surface area contributed by atoms with Crippen LogP contribution in [0.3, 0.4) is 0 Å². The zero-order valence-corrected chi connectivity index (χ0v) is 15.5. The Kier molecular flexibility index (Phi) is 3.54. The van der Waals surface area contributed by atoms with E-state index in [1.54, 1.807) is 0 Å². The van der Waals surface area contributed by atoms with Crippen LogP contribution in [0.4, 0.5) is 0 Å². The quantitative estimate of drug-likeness (QED) is 0.831. The first-order valence-corrected chi connectivity index (χ1v) is 10.2. The fourth-order valence-electron chi connectivity index (χ4n) is 6.33. The molecule has 1 aliphatic heterocycles. The van der Waals surface area contributed by atoms with Crippen LogP contribution >= 0.6 is 0 Å². The second kappa shape index (κ2) is 5.57. The van der Waals surface area contributed by atoms with Crippen LogP contribution in [0.15, 0.2) is 30.3 Å². The van der Waals surface area contributed by atoms with Crippen molar-refractivity contribution in [3.63, 3.8) is 0 Å². The molecule has 5 unspecified atom stereocenters. The van der Waals surface area contributed by atoms with Gasteiger partial charge < -0.3 is 0 Å². The predicted molar refractivity (Wildman–Crippen MR) is 98.6 cm³/mol. The summed E-state index contributed by atoms with van der Waals surface area (Å²) in [5.41, 5.74) is 1.03. The van der Waals surface area contributed by atoms with Gasteiger partial charge in [0.25, 0.3) is 5.91 Å². The molecule has 3 saturated carbocycles. The summed E-state index contributed by atoms with van der Waals surface area (Å²) in [6.07, 6.45) is 7.82. The van der Waals surface area contributed by atoms with Crippen molar-refractivity contribution >= 4 is 5.91 Å². The van der Waals surface area contributed by atoms with Crippen molar-refractivity contribution in [2.24, 2.45) is 23.7 Å². The van der Waals surface area contributed by atoms with Gasteiger partial charge in [-0.25, -0.2) is 5.01 Å². The number of hydrogen-bond donors (Lipinski definition) is 0. The molecule has 1 aromatic carbocycles. The molecule has 134 valence electrons. The topological polar surface area (TPSA) is 23.6 Å². The number of hydrazine groups is 1. The van der Waals surface area contributed by atoms with Crippen LogP contribution in [0.2, 0.25) is 0 Å². The Balaban J connectivity index is 1.33. The van der Waals surface area contributed by atoms with Crippen molar-refractivity contribution in [2.75, 3.05) is 6.54 Å². The molecular weight excluding hydrogens is 308 g/mol. The second-order valence-corrected chi connectivity index (χ2v) is 9.36. The van der Waals surface area contributed by atoms with E-state index in [2.05, 4.69) is 54.2 Å². The predicted octanol–water partition coefficient (Wildman–Crippen LogP) is 3.89. The van der Waals surface area contributed by atoms with Gasteiger partial charge >= 0.3 is 0 Å². The van der Waals surface area contributed by atoms with Crippen molar-refractivity contribution in [2.45, 2.75) is 64.0 Å². The average Bonchev–Trinajstić information content (AvgIpc) is 2.84. The third-order valence-electron chi connectivity index (χ3n) is 7.78. The maximum atomic E-state index is 13.0. The van der Waals surface area contributed by atoms with Gasteiger partial charge in [0.1, 0.15) is 5.54 Å². The largest absolute Gasteiger partial charge is 0.271 e. The molecule has 0 spiro atoms. The minimum absolute atomic E-state index is 0.331. The van der Waals surface area contributed by atoms with E-state index >= 15 is 0 Å². The van der Waals surface area contributed by atoms with Crippen molar-refractivity contribution in [3.05, 3.63) is 35.9 Å². The molecule has 3 nitrogen and oxygen atoms in total. The summed E-state index contributed by atoms with van der Waals surface area (Å²) >= 11 is 0. The third-order valence-corrected chi connectivity index (χ3v) is 7.78. The van der Waals surface area contributed by atoms with E-state index in [-0.39, 0.29) is 5.54 Å². The molecule has 5 rings (SSSR count). The van der Waals surface area contributed by atoms with Crippen LogP contribution in [0.25, 0.3) is 0 Å². The summed E-state index contributed by atoms with van der Waals surface area (Å²) in [5, 5.41) is 4.58. The normalized spacial score (nSPS) is 38.9. The van der Waals surface area contributed by atoms with Crippen molar-refractivity contribution in [1.29, 1.82) is 0 Å². The molecule has 0 N–H and O–H groups in total. The van der Waals surface area contributed by atoms with E-state index in [0.29, 0.717) is 11.9 Å². The molecule has 4 aliphatic rings.